The lowest BCUT2D eigenvalue weighted by molar-refractivity contribution is 0.396. The van der Waals surface area contributed by atoms with Crippen molar-refractivity contribution < 1.29 is 4.74 Å². The Morgan fingerprint density at radius 2 is 2.06 bits per heavy atom. The van der Waals surface area contributed by atoms with Gasteiger partial charge in [0.15, 0.2) is 0 Å². The summed E-state index contributed by atoms with van der Waals surface area (Å²) in [6, 6.07) is 1.97. The Bertz CT molecular complexity index is 540. The molecular weight excluding hydrogens is 226 g/mol. The van der Waals surface area contributed by atoms with E-state index >= 15 is 0 Å². The second-order valence-corrected chi connectivity index (χ2v) is 4.15. The Morgan fingerprint density at radius 3 is 2.72 bits per heavy atom. The predicted molar refractivity (Wildman–Crippen MR) is 70.5 cm³/mol. The van der Waals surface area contributed by atoms with E-state index in [0.29, 0.717) is 5.88 Å². The fraction of sp³-hybridized carbons (Fsp3) is 0.357. The van der Waals surface area contributed by atoms with E-state index in [1.165, 1.54) is 0 Å². The third-order valence-corrected chi connectivity index (χ3v) is 2.80. The first-order valence-electron chi connectivity index (χ1n) is 6.07. The lowest BCUT2D eigenvalue weighted by atomic mass is 10.1. The first kappa shape index (κ1) is 12.5. The summed E-state index contributed by atoms with van der Waals surface area (Å²) < 4.78 is 5.36. The number of hydrogen-bond acceptors (Lipinski definition) is 4. The minimum atomic E-state index is 0.615. The molecule has 94 valence electrons. The van der Waals surface area contributed by atoms with Crippen LogP contribution in [-0.4, -0.2) is 22.1 Å². The van der Waals surface area contributed by atoms with E-state index in [-0.39, 0.29) is 0 Å². The monoisotopic (exact) mass is 243 g/mol. The normalized spacial score (nSPS) is 10.4. The molecule has 4 nitrogen and oxygen atoms in total. The minimum absolute atomic E-state index is 0.615. The van der Waals surface area contributed by atoms with Gasteiger partial charge < -0.3 is 4.74 Å². The molecule has 0 aliphatic heterocycles. The molecule has 0 aromatic carbocycles. The van der Waals surface area contributed by atoms with Gasteiger partial charge in [0, 0.05) is 30.6 Å². The van der Waals surface area contributed by atoms with Crippen molar-refractivity contribution in [3.8, 4) is 17.0 Å². The molecule has 0 aliphatic carbocycles. The molecule has 0 N–H and O–H groups in total. The van der Waals surface area contributed by atoms with E-state index in [4.69, 9.17) is 4.74 Å². The maximum absolute atomic E-state index is 5.36. The number of methoxy groups -OCH3 is 1. The first-order chi connectivity index (χ1) is 8.76. The van der Waals surface area contributed by atoms with Crippen LogP contribution in [0.3, 0.4) is 0 Å². The van der Waals surface area contributed by atoms with Gasteiger partial charge in [-0.25, -0.2) is 4.98 Å². The fourth-order valence-corrected chi connectivity index (χ4v) is 1.83. The summed E-state index contributed by atoms with van der Waals surface area (Å²) in [6.07, 6.45) is 7.30. The molecule has 0 spiro atoms. The quantitative estimate of drug-likeness (QED) is 0.828. The zero-order valence-electron chi connectivity index (χ0n) is 11.0. The Balaban J connectivity index is 2.48. The molecule has 0 aliphatic rings. The molecule has 0 fully saturated rings. The minimum Gasteiger partial charge on any atom is -0.480 e. The first-order valence-corrected chi connectivity index (χ1v) is 6.07. The number of aromatic nitrogens is 3. The summed E-state index contributed by atoms with van der Waals surface area (Å²) in [5, 5.41) is 0. The highest BCUT2D eigenvalue weighted by Gasteiger charge is 2.11. The number of ether oxygens (including phenoxy) is 1. The van der Waals surface area contributed by atoms with E-state index in [1.54, 1.807) is 13.3 Å². The van der Waals surface area contributed by atoms with Crippen molar-refractivity contribution in [2.75, 3.05) is 7.11 Å². The van der Waals surface area contributed by atoms with Crippen LogP contribution in [0.4, 0.5) is 0 Å². The molecule has 4 heteroatoms. The van der Waals surface area contributed by atoms with Crippen molar-refractivity contribution in [1.82, 2.24) is 15.0 Å². The second kappa shape index (κ2) is 5.58. The van der Waals surface area contributed by atoms with Crippen molar-refractivity contribution in [2.45, 2.75) is 26.7 Å². The highest BCUT2D eigenvalue weighted by Crippen LogP contribution is 2.29. The van der Waals surface area contributed by atoms with E-state index < -0.39 is 0 Å². The lowest BCUT2D eigenvalue weighted by Crippen LogP contribution is -2.00. The molecule has 0 saturated heterocycles. The van der Waals surface area contributed by atoms with Crippen LogP contribution < -0.4 is 4.74 Å². The maximum Gasteiger partial charge on any atom is 0.224 e. The number of pyridine rings is 1. The van der Waals surface area contributed by atoms with E-state index in [0.717, 1.165) is 35.4 Å². The molecule has 0 atom stereocenters. The van der Waals surface area contributed by atoms with Crippen LogP contribution >= 0.6 is 0 Å². The SMILES string of the molecule is CCCc1ncc(-c2cnccc2C)c(OC)n1. The smallest absolute Gasteiger partial charge is 0.224 e. The number of nitrogens with zero attached hydrogens (tertiary/aromatic N) is 3. The maximum atomic E-state index is 5.36. The molecule has 2 heterocycles. The van der Waals surface area contributed by atoms with Gasteiger partial charge in [0.25, 0.3) is 0 Å². The highest BCUT2D eigenvalue weighted by atomic mass is 16.5. The van der Waals surface area contributed by atoms with Gasteiger partial charge in [0.1, 0.15) is 5.82 Å². The molecule has 0 radical (unpaired) electrons. The van der Waals surface area contributed by atoms with Crippen LogP contribution in [0.15, 0.2) is 24.7 Å². The Hall–Kier alpha value is -1.97. The van der Waals surface area contributed by atoms with Gasteiger partial charge in [-0.15, -0.1) is 0 Å². The van der Waals surface area contributed by atoms with Crippen LogP contribution in [0.2, 0.25) is 0 Å². The number of hydrogen-bond donors (Lipinski definition) is 0. The van der Waals surface area contributed by atoms with E-state index in [9.17, 15) is 0 Å². The molecule has 18 heavy (non-hydrogen) atoms. The Kier molecular flexibility index (Phi) is 3.87. The summed E-state index contributed by atoms with van der Waals surface area (Å²) >= 11 is 0. The summed E-state index contributed by atoms with van der Waals surface area (Å²) in [6.45, 7) is 4.14. The molecule has 0 saturated carbocycles. The summed E-state index contributed by atoms with van der Waals surface area (Å²) in [7, 11) is 1.63. The van der Waals surface area contributed by atoms with Crippen molar-refractivity contribution >= 4 is 0 Å². The summed E-state index contributed by atoms with van der Waals surface area (Å²) in [5.41, 5.74) is 3.04. The number of aryl methyl sites for hydroxylation is 2. The van der Waals surface area contributed by atoms with Gasteiger partial charge in [0.2, 0.25) is 5.88 Å². The van der Waals surface area contributed by atoms with Gasteiger partial charge >= 0.3 is 0 Å². The molecule has 2 rings (SSSR count). The lowest BCUT2D eigenvalue weighted by Gasteiger charge is -2.10. The second-order valence-electron chi connectivity index (χ2n) is 4.15. The molecule has 2 aromatic heterocycles. The van der Waals surface area contributed by atoms with Crippen LogP contribution in [-0.2, 0) is 6.42 Å². The zero-order chi connectivity index (χ0) is 13.0. The van der Waals surface area contributed by atoms with Crippen molar-refractivity contribution in [3.63, 3.8) is 0 Å². The molecule has 2 aromatic rings. The predicted octanol–water partition coefficient (Wildman–Crippen LogP) is 2.81. The standard InChI is InChI=1S/C14H17N3O/c1-4-5-13-16-9-12(14(17-13)18-3)11-8-15-7-6-10(11)2/h6-9H,4-5H2,1-3H3. The summed E-state index contributed by atoms with van der Waals surface area (Å²) in [5.74, 6) is 1.43. The van der Waals surface area contributed by atoms with Crippen molar-refractivity contribution in [3.05, 3.63) is 36.0 Å². The third kappa shape index (κ3) is 2.47. The van der Waals surface area contributed by atoms with Crippen molar-refractivity contribution in [1.29, 1.82) is 0 Å². The zero-order valence-corrected chi connectivity index (χ0v) is 11.0. The van der Waals surface area contributed by atoms with Crippen LogP contribution in [0, 0.1) is 6.92 Å². The Morgan fingerprint density at radius 1 is 1.22 bits per heavy atom. The molecule has 0 amide bonds. The van der Waals surface area contributed by atoms with Gasteiger partial charge in [-0.2, -0.15) is 4.98 Å². The fourth-order valence-electron chi connectivity index (χ4n) is 1.83. The molecular formula is C14H17N3O. The Labute approximate surface area is 107 Å². The largest absolute Gasteiger partial charge is 0.480 e. The van der Waals surface area contributed by atoms with Crippen LogP contribution in [0.5, 0.6) is 5.88 Å². The van der Waals surface area contributed by atoms with Crippen LogP contribution in [0.1, 0.15) is 24.7 Å². The number of rotatable bonds is 4. The molecule has 0 unspecified atom stereocenters. The summed E-state index contributed by atoms with van der Waals surface area (Å²) in [4.78, 5) is 13.0. The topological polar surface area (TPSA) is 47.9 Å². The third-order valence-electron chi connectivity index (χ3n) is 2.80. The van der Waals surface area contributed by atoms with Crippen LogP contribution in [0.25, 0.3) is 11.1 Å². The average Bonchev–Trinajstić information content (AvgIpc) is 2.40. The average molecular weight is 243 g/mol. The van der Waals surface area contributed by atoms with Gasteiger partial charge in [-0.1, -0.05) is 6.92 Å². The molecule has 0 bridgehead atoms. The van der Waals surface area contributed by atoms with Gasteiger partial charge in [-0.05, 0) is 25.0 Å². The van der Waals surface area contributed by atoms with E-state index in [1.807, 2.05) is 25.4 Å². The van der Waals surface area contributed by atoms with Crippen molar-refractivity contribution in [2.24, 2.45) is 0 Å². The van der Waals surface area contributed by atoms with E-state index in [2.05, 4.69) is 21.9 Å². The van der Waals surface area contributed by atoms with Gasteiger partial charge in [0.05, 0.1) is 12.7 Å². The van der Waals surface area contributed by atoms with Gasteiger partial charge in [-0.3, -0.25) is 4.98 Å². The highest BCUT2D eigenvalue weighted by molar-refractivity contribution is 5.69.